The average molecular weight is 177 g/mol. The molecule has 0 aliphatic heterocycles. The van der Waals surface area contributed by atoms with E-state index in [2.05, 4.69) is 4.98 Å². The van der Waals surface area contributed by atoms with Gasteiger partial charge in [-0.05, 0) is 6.07 Å². The number of hydrogen-bond donors (Lipinski definition) is 1. The SMILES string of the molecule is O=S(=O)(O)c1ccncc1F. The first-order valence-corrected chi connectivity index (χ1v) is 4.03. The number of pyridine rings is 1. The molecule has 1 aromatic rings. The molecular weight excluding hydrogens is 173 g/mol. The Bertz CT molecular complexity index is 362. The highest BCUT2D eigenvalue weighted by atomic mass is 32.2. The highest BCUT2D eigenvalue weighted by molar-refractivity contribution is 7.85. The Kier molecular flexibility index (Phi) is 1.88. The number of nitrogens with zero attached hydrogens (tertiary/aromatic N) is 1. The van der Waals surface area contributed by atoms with Crippen LogP contribution in [0.4, 0.5) is 4.39 Å². The molecule has 1 N–H and O–H groups in total. The fourth-order valence-corrected chi connectivity index (χ4v) is 1.10. The molecule has 0 saturated heterocycles. The van der Waals surface area contributed by atoms with Gasteiger partial charge in [-0.1, -0.05) is 0 Å². The van der Waals surface area contributed by atoms with Crippen LogP contribution in [0.3, 0.4) is 0 Å². The Morgan fingerprint density at radius 2 is 2.18 bits per heavy atom. The standard InChI is InChI=1S/C5H4FNO3S/c6-4-3-7-2-1-5(4)11(8,9)10/h1-3H,(H,8,9,10). The van der Waals surface area contributed by atoms with Crippen molar-refractivity contribution in [2.75, 3.05) is 0 Å². The fraction of sp³-hybridized carbons (Fsp3) is 0. The zero-order chi connectivity index (χ0) is 8.48. The Hall–Kier alpha value is -1.01. The van der Waals surface area contributed by atoms with Crippen LogP contribution in [-0.2, 0) is 10.1 Å². The van der Waals surface area contributed by atoms with Gasteiger partial charge >= 0.3 is 0 Å². The average Bonchev–Trinajstić information content (AvgIpc) is 1.86. The first kappa shape index (κ1) is 8.09. The van der Waals surface area contributed by atoms with E-state index in [1.807, 2.05) is 0 Å². The Morgan fingerprint density at radius 3 is 2.55 bits per heavy atom. The summed E-state index contributed by atoms with van der Waals surface area (Å²) < 4.78 is 41.5. The van der Waals surface area contributed by atoms with Crippen LogP contribution in [0.5, 0.6) is 0 Å². The third-order valence-electron chi connectivity index (χ3n) is 1.01. The van der Waals surface area contributed by atoms with Gasteiger partial charge in [-0.25, -0.2) is 4.39 Å². The molecule has 0 saturated carbocycles. The first-order valence-electron chi connectivity index (χ1n) is 2.59. The maximum Gasteiger partial charge on any atom is 0.297 e. The van der Waals surface area contributed by atoms with Crippen LogP contribution >= 0.6 is 0 Å². The predicted octanol–water partition coefficient (Wildman–Crippen LogP) is 0.467. The summed E-state index contributed by atoms with van der Waals surface area (Å²) >= 11 is 0. The minimum Gasteiger partial charge on any atom is -0.282 e. The van der Waals surface area contributed by atoms with Crippen LogP contribution in [0.1, 0.15) is 0 Å². The van der Waals surface area contributed by atoms with Crippen molar-refractivity contribution in [3.8, 4) is 0 Å². The maximum atomic E-state index is 12.5. The molecule has 11 heavy (non-hydrogen) atoms. The van der Waals surface area contributed by atoms with Crippen molar-refractivity contribution >= 4 is 10.1 Å². The fourth-order valence-electron chi connectivity index (χ4n) is 0.572. The van der Waals surface area contributed by atoms with Crippen molar-refractivity contribution in [1.82, 2.24) is 4.98 Å². The van der Waals surface area contributed by atoms with Gasteiger partial charge in [-0.3, -0.25) is 9.54 Å². The summed E-state index contributed by atoms with van der Waals surface area (Å²) in [6, 6.07) is 0.880. The summed E-state index contributed by atoms with van der Waals surface area (Å²) in [4.78, 5) is 2.55. The van der Waals surface area contributed by atoms with Crippen molar-refractivity contribution in [2.24, 2.45) is 0 Å². The van der Waals surface area contributed by atoms with Crippen LogP contribution < -0.4 is 0 Å². The lowest BCUT2D eigenvalue weighted by Crippen LogP contribution is -2.01. The lowest BCUT2D eigenvalue weighted by Gasteiger charge is -1.95. The van der Waals surface area contributed by atoms with E-state index in [1.54, 1.807) is 0 Å². The molecule has 60 valence electrons. The molecule has 4 nitrogen and oxygen atoms in total. The zero-order valence-electron chi connectivity index (χ0n) is 5.23. The van der Waals surface area contributed by atoms with Crippen molar-refractivity contribution in [3.63, 3.8) is 0 Å². The summed E-state index contributed by atoms with van der Waals surface area (Å²) in [6.07, 6.45) is 1.79. The number of hydrogen-bond acceptors (Lipinski definition) is 3. The van der Waals surface area contributed by atoms with E-state index in [4.69, 9.17) is 4.55 Å². The highest BCUT2D eigenvalue weighted by Crippen LogP contribution is 2.10. The molecule has 0 aliphatic rings. The molecule has 6 heteroatoms. The van der Waals surface area contributed by atoms with Crippen molar-refractivity contribution in [1.29, 1.82) is 0 Å². The van der Waals surface area contributed by atoms with E-state index >= 15 is 0 Å². The molecule has 0 spiro atoms. The normalized spacial score (nSPS) is 11.5. The molecule has 0 amide bonds. The van der Waals surface area contributed by atoms with E-state index in [-0.39, 0.29) is 0 Å². The molecule has 0 aliphatic carbocycles. The van der Waals surface area contributed by atoms with Crippen molar-refractivity contribution in [3.05, 3.63) is 24.3 Å². The van der Waals surface area contributed by atoms with Crippen LogP contribution in [0.2, 0.25) is 0 Å². The lowest BCUT2D eigenvalue weighted by atomic mass is 10.5. The molecule has 1 heterocycles. The van der Waals surface area contributed by atoms with Gasteiger partial charge in [-0.2, -0.15) is 8.42 Å². The van der Waals surface area contributed by atoms with Gasteiger partial charge in [0.05, 0.1) is 6.20 Å². The number of rotatable bonds is 1. The van der Waals surface area contributed by atoms with E-state index < -0.39 is 20.8 Å². The smallest absolute Gasteiger partial charge is 0.282 e. The Balaban J connectivity index is 3.37. The van der Waals surface area contributed by atoms with Gasteiger partial charge in [0.25, 0.3) is 10.1 Å². The Labute approximate surface area is 62.4 Å². The molecular formula is C5H4FNO3S. The van der Waals surface area contributed by atoms with Gasteiger partial charge in [0.15, 0.2) is 5.82 Å². The van der Waals surface area contributed by atoms with Crippen LogP contribution in [-0.4, -0.2) is 18.0 Å². The number of halogens is 1. The highest BCUT2D eigenvalue weighted by Gasteiger charge is 2.14. The summed E-state index contributed by atoms with van der Waals surface area (Å²) in [7, 11) is -4.45. The monoisotopic (exact) mass is 177 g/mol. The van der Waals surface area contributed by atoms with Gasteiger partial charge in [-0.15, -0.1) is 0 Å². The van der Waals surface area contributed by atoms with Gasteiger partial charge in [0.2, 0.25) is 0 Å². The van der Waals surface area contributed by atoms with Crippen molar-refractivity contribution < 1.29 is 17.4 Å². The second-order valence-electron chi connectivity index (χ2n) is 1.78. The Morgan fingerprint density at radius 1 is 1.55 bits per heavy atom. The third-order valence-corrected chi connectivity index (χ3v) is 1.90. The molecule has 0 fully saturated rings. The van der Waals surface area contributed by atoms with Gasteiger partial charge < -0.3 is 0 Å². The largest absolute Gasteiger partial charge is 0.297 e. The topological polar surface area (TPSA) is 67.3 Å². The molecule has 0 unspecified atom stereocenters. The van der Waals surface area contributed by atoms with E-state index in [1.165, 1.54) is 0 Å². The summed E-state index contributed by atoms with van der Waals surface area (Å²) in [5.41, 5.74) is 0. The second-order valence-corrected chi connectivity index (χ2v) is 3.17. The van der Waals surface area contributed by atoms with Crippen molar-refractivity contribution in [2.45, 2.75) is 4.90 Å². The molecule has 0 aromatic carbocycles. The summed E-state index contributed by atoms with van der Waals surface area (Å²) in [6.45, 7) is 0. The third kappa shape index (κ3) is 1.72. The molecule has 0 bridgehead atoms. The van der Waals surface area contributed by atoms with Gasteiger partial charge in [0, 0.05) is 6.20 Å². The molecule has 0 atom stereocenters. The lowest BCUT2D eigenvalue weighted by molar-refractivity contribution is 0.472. The summed E-state index contributed by atoms with van der Waals surface area (Å²) in [5.74, 6) is -1.06. The van der Waals surface area contributed by atoms with E-state index in [0.29, 0.717) is 6.20 Å². The van der Waals surface area contributed by atoms with Crippen LogP contribution in [0, 0.1) is 5.82 Å². The molecule has 1 rings (SSSR count). The molecule has 1 aromatic heterocycles. The minimum atomic E-state index is -4.45. The predicted molar refractivity (Wildman–Crippen MR) is 34.0 cm³/mol. The first-order chi connectivity index (χ1) is 5.02. The number of aromatic nitrogens is 1. The van der Waals surface area contributed by atoms with E-state index in [0.717, 1.165) is 12.3 Å². The maximum absolute atomic E-state index is 12.5. The molecule has 0 radical (unpaired) electrons. The summed E-state index contributed by atoms with van der Waals surface area (Å²) in [5, 5.41) is 0. The van der Waals surface area contributed by atoms with Gasteiger partial charge in [0.1, 0.15) is 4.90 Å². The van der Waals surface area contributed by atoms with Crippen LogP contribution in [0.15, 0.2) is 23.4 Å². The minimum absolute atomic E-state index is 0.711. The van der Waals surface area contributed by atoms with Crippen LogP contribution in [0.25, 0.3) is 0 Å². The van der Waals surface area contributed by atoms with E-state index in [9.17, 15) is 12.8 Å². The quantitative estimate of drug-likeness (QED) is 0.633. The zero-order valence-corrected chi connectivity index (χ0v) is 6.05. The second kappa shape index (κ2) is 2.55.